The van der Waals surface area contributed by atoms with Gasteiger partial charge in [0.25, 0.3) is 0 Å². The Labute approximate surface area is 113 Å². The maximum atomic E-state index is 5.35. The topological polar surface area (TPSA) is 33.6 Å². The van der Waals surface area contributed by atoms with Crippen LogP contribution in [-0.4, -0.2) is 14.5 Å². The second-order valence-electron chi connectivity index (χ2n) is 4.72. The number of hydrogen-bond donors (Lipinski definition) is 1. The van der Waals surface area contributed by atoms with Gasteiger partial charge in [-0.05, 0) is 36.2 Å². The Morgan fingerprint density at radius 3 is 2.89 bits per heavy atom. The summed E-state index contributed by atoms with van der Waals surface area (Å²) in [5, 5.41) is 0. The summed E-state index contributed by atoms with van der Waals surface area (Å²) in [5.74, 6) is 0.451. The summed E-state index contributed by atoms with van der Waals surface area (Å²) in [6, 6.07) is 4.12. The van der Waals surface area contributed by atoms with E-state index in [0.717, 1.165) is 23.4 Å². The highest BCUT2D eigenvalue weighted by molar-refractivity contribution is 7.71. The molecular formula is C14H19N3S. The van der Waals surface area contributed by atoms with Crippen molar-refractivity contribution in [2.24, 2.45) is 0 Å². The van der Waals surface area contributed by atoms with Gasteiger partial charge in [0, 0.05) is 18.1 Å². The Hall–Kier alpha value is -1.42. The molecule has 0 aliphatic rings. The molecule has 1 N–H and O–H groups in total. The first-order valence-corrected chi connectivity index (χ1v) is 6.75. The maximum Gasteiger partial charge on any atom is 0.177 e. The van der Waals surface area contributed by atoms with E-state index in [1.54, 1.807) is 0 Å². The van der Waals surface area contributed by atoms with E-state index < -0.39 is 0 Å². The fourth-order valence-corrected chi connectivity index (χ4v) is 2.36. The largest absolute Gasteiger partial charge is 0.337 e. The van der Waals surface area contributed by atoms with E-state index in [-0.39, 0.29) is 0 Å². The Bertz CT molecular complexity index is 581. The summed E-state index contributed by atoms with van der Waals surface area (Å²) < 4.78 is 2.91. The quantitative estimate of drug-likeness (QED) is 0.852. The van der Waals surface area contributed by atoms with Crippen molar-refractivity contribution in [2.75, 3.05) is 0 Å². The van der Waals surface area contributed by atoms with Crippen molar-refractivity contribution in [1.82, 2.24) is 14.5 Å². The van der Waals surface area contributed by atoms with E-state index >= 15 is 0 Å². The molecule has 96 valence electrons. The number of pyridine rings is 1. The lowest BCUT2D eigenvalue weighted by molar-refractivity contribution is 0.669. The number of aromatic amines is 1. The van der Waals surface area contributed by atoms with E-state index in [1.807, 2.05) is 18.5 Å². The second kappa shape index (κ2) is 5.48. The van der Waals surface area contributed by atoms with Crippen molar-refractivity contribution in [2.45, 2.75) is 39.7 Å². The molecule has 2 rings (SSSR count). The molecule has 0 fully saturated rings. The van der Waals surface area contributed by atoms with Crippen molar-refractivity contribution in [3.05, 3.63) is 46.2 Å². The molecule has 2 heterocycles. The van der Waals surface area contributed by atoms with Gasteiger partial charge in [-0.25, -0.2) is 0 Å². The lowest BCUT2D eigenvalue weighted by atomic mass is 10.1. The number of hydrogen-bond acceptors (Lipinski definition) is 2. The Morgan fingerprint density at radius 1 is 1.44 bits per heavy atom. The van der Waals surface area contributed by atoms with Gasteiger partial charge in [-0.1, -0.05) is 26.8 Å². The van der Waals surface area contributed by atoms with Crippen LogP contribution in [-0.2, 0) is 13.0 Å². The molecule has 0 aliphatic carbocycles. The first-order chi connectivity index (χ1) is 8.63. The van der Waals surface area contributed by atoms with E-state index in [9.17, 15) is 0 Å². The van der Waals surface area contributed by atoms with Crippen molar-refractivity contribution in [3.8, 4) is 0 Å². The van der Waals surface area contributed by atoms with Crippen molar-refractivity contribution >= 4 is 12.2 Å². The van der Waals surface area contributed by atoms with Crippen LogP contribution in [0.4, 0.5) is 0 Å². The molecule has 0 unspecified atom stereocenters. The van der Waals surface area contributed by atoms with E-state index in [4.69, 9.17) is 12.2 Å². The van der Waals surface area contributed by atoms with E-state index in [2.05, 4.69) is 41.4 Å². The molecule has 0 saturated carbocycles. The lowest BCUT2D eigenvalue weighted by Gasteiger charge is -2.12. The van der Waals surface area contributed by atoms with Crippen LogP contribution in [0.5, 0.6) is 0 Å². The van der Waals surface area contributed by atoms with Crippen LogP contribution < -0.4 is 0 Å². The third-order valence-corrected chi connectivity index (χ3v) is 3.50. The minimum Gasteiger partial charge on any atom is -0.337 e. The number of aromatic nitrogens is 3. The normalized spacial score (nSPS) is 11.1. The van der Waals surface area contributed by atoms with E-state index in [1.165, 1.54) is 11.3 Å². The first-order valence-electron chi connectivity index (χ1n) is 6.34. The molecule has 0 saturated heterocycles. The van der Waals surface area contributed by atoms with Crippen LogP contribution in [0.1, 0.15) is 43.6 Å². The smallest absolute Gasteiger partial charge is 0.177 e. The molecule has 18 heavy (non-hydrogen) atoms. The minimum atomic E-state index is 0.451. The highest BCUT2D eigenvalue weighted by Gasteiger charge is 2.10. The summed E-state index contributed by atoms with van der Waals surface area (Å²) in [6.07, 6.45) is 4.85. The molecule has 0 amide bonds. The Balaban J connectivity index is 2.40. The van der Waals surface area contributed by atoms with Crippen LogP contribution in [0.3, 0.4) is 0 Å². The van der Waals surface area contributed by atoms with Crippen LogP contribution >= 0.6 is 12.2 Å². The molecule has 0 aliphatic heterocycles. The standard InChI is InChI=1S/C14H19N3S/c1-4-11-6-5-7-15-12(11)9-17-13(10(2)3)8-16-14(17)18/h5-8,10H,4,9H2,1-3H3,(H,16,18). The molecule has 4 heteroatoms. The van der Waals surface area contributed by atoms with Crippen LogP contribution in [0.25, 0.3) is 0 Å². The SMILES string of the molecule is CCc1cccnc1Cn1c(C(C)C)c[nH]c1=S. The molecule has 2 aromatic heterocycles. The maximum absolute atomic E-state index is 5.35. The van der Waals surface area contributed by atoms with Gasteiger partial charge >= 0.3 is 0 Å². The number of imidazole rings is 1. The van der Waals surface area contributed by atoms with Crippen LogP contribution in [0.2, 0.25) is 0 Å². The average molecular weight is 261 g/mol. The van der Waals surface area contributed by atoms with Gasteiger partial charge in [0.1, 0.15) is 0 Å². The second-order valence-corrected chi connectivity index (χ2v) is 5.11. The number of nitrogens with zero attached hydrogens (tertiary/aromatic N) is 2. The number of H-pyrrole nitrogens is 1. The van der Waals surface area contributed by atoms with Gasteiger partial charge in [-0.2, -0.15) is 0 Å². The number of rotatable bonds is 4. The summed E-state index contributed by atoms with van der Waals surface area (Å²) in [5.41, 5.74) is 3.63. The average Bonchev–Trinajstić information content (AvgIpc) is 2.72. The van der Waals surface area contributed by atoms with Crippen LogP contribution in [0.15, 0.2) is 24.5 Å². The van der Waals surface area contributed by atoms with Crippen LogP contribution in [0, 0.1) is 4.77 Å². The zero-order valence-corrected chi connectivity index (χ0v) is 11.9. The molecule has 0 spiro atoms. The third kappa shape index (κ3) is 2.53. The zero-order valence-electron chi connectivity index (χ0n) is 11.1. The predicted octanol–water partition coefficient (Wildman–Crippen LogP) is 3.67. The Kier molecular flexibility index (Phi) is 3.97. The van der Waals surface area contributed by atoms with Gasteiger partial charge in [-0.15, -0.1) is 0 Å². The zero-order chi connectivity index (χ0) is 13.1. The van der Waals surface area contributed by atoms with Gasteiger partial charge in [0.15, 0.2) is 4.77 Å². The predicted molar refractivity (Wildman–Crippen MR) is 76.4 cm³/mol. The van der Waals surface area contributed by atoms with Gasteiger partial charge in [0.05, 0.1) is 12.2 Å². The Morgan fingerprint density at radius 2 is 2.22 bits per heavy atom. The fourth-order valence-electron chi connectivity index (χ4n) is 2.14. The summed E-state index contributed by atoms with van der Waals surface area (Å²) in [4.78, 5) is 7.61. The van der Waals surface area contributed by atoms with Gasteiger partial charge in [0.2, 0.25) is 0 Å². The highest BCUT2D eigenvalue weighted by atomic mass is 32.1. The van der Waals surface area contributed by atoms with Crippen molar-refractivity contribution in [3.63, 3.8) is 0 Å². The summed E-state index contributed by atoms with van der Waals surface area (Å²) in [6.45, 7) is 7.25. The minimum absolute atomic E-state index is 0.451. The molecule has 0 bridgehead atoms. The molecule has 0 aromatic carbocycles. The summed E-state index contributed by atoms with van der Waals surface area (Å²) in [7, 11) is 0. The first kappa shape index (κ1) is 13.0. The molecule has 3 nitrogen and oxygen atoms in total. The van der Waals surface area contributed by atoms with Gasteiger partial charge < -0.3 is 9.55 Å². The molecule has 0 atom stereocenters. The van der Waals surface area contributed by atoms with Gasteiger partial charge in [-0.3, -0.25) is 4.98 Å². The van der Waals surface area contributed by atoms with E-state index in [0.29, 0.717) is 5.92 Å². The third-order valence-electron chi connectivity index (χ3n) is 3.17. The fraction of sp³-hybridized carbons (Fsp3) is 0.429. The van der Waals surface area contributed by atoms with Crippen molar-refractivity contribution in [1.29, 1.82) is 0 Å². The monoisotopic (exact) mass is 261 g/mol. The summed E-state index contributed by atoms with van der Waals surface area (Å²) >= 11 is 5.35. The number of nitrogens with one attached hydrogen (secondary N) is 1. The lowest BCUT2D eigenvalue weighted by Crippen LogP contribution is -2.09. The molecular weight excluding hydrogens is 242 g/mol. The van der Waals surface area contributed by atoms with Crippen molar-refractivity contribution < 1.29 is 0 Å². The molecule has 2 aromatic rings. The highest BCUT2D eigenvalue weighted by Crippen LogP contribution is 2.17. The number of aryl methyl sites for hydroxylation is 1. The molecule has 0 radical (unpaired) electrons.